The highest BCUT2D eigenvalue weighted by Gasteiger charge is 2.35. The van der Waals surface area contributed by atoms with Gasteiger partial charge in [0.2, 0.25) is 0 Å². The Morgan fingerprint density at radius 3 is 2.57 bits per heavy atom. The van der Waals surface area contributed by atoms with Crippen molar-refractivity contribution in [2.45, 2.75) is 51.0 Å². The Labute approximate surface area is 124 Å². The van der Waals surface area contributed by atoms with Gasteiger partial charge < -0.3 is 15.7 Å². The van der Waals surface area contributed by atoms with E-state index in [0.717, 1.165) is 25.0 Å². The summed E-state index contributed by atoms with van der Waals surface area (Å²) in [5.74, 6) is -0.880. The molecule has 1 aromatic rings. The molecule has 0 bridgehead atoms. The molecule has 0 spiro atoms. The number of carboxylic acid groups (broad SMARTS) is 1. The second kappa shape index (κ2) is 6.56. The predicted octanol–water partition coefficient (Wildman–Crippen LogP) is 2.69. The number of nitrogens with zero attached hydrogens (tertiary/aromatic N) is 1. The molecule has 2 rings (SSSR count). The van der Waals surface area contributed by atoms with Crippen LogP contribution in [0.4, 0.5) is 10.5 Å². The third-order valence-corrected chi connectivity index (χ3v) is 3.85. The van der Waals surface area contributed by atoms with Crippen LogP contribution in [0.1, 0.15) is 44.2 Å². The van der Waals surface area contributed by atoms with Gasteiger partial charge in [-0.3, -0.25) is 9.78 Å². The molecular weight excluding hydrogens is 270 g/mol. The highest BCUT2D eigenvalue weighted by Crippen LogP contribution is 2.31. The summed E-state index contributed by atoms with van der Waals surface area (Å²) in [5, 5.41) is 14.7. The number of rotatable bonds is 4. The van der Waals surface area contributed by atoms with Crippen molar-refractivity contribution in [3.05, 3.63) is 24.0 Å². The molecule has 1 fully saturated rings. The number of aromatic nitrogens is 1. The van der Waals surface area contributed by atoms with E-state index in [1.807, 2.05) is 13.0 Å². The second-order valence-corrected chi connectivity index (χ2v) is 5.68. The number of carbonyl (C=O) groups is 2. The van der Waals surface area contributed by atoms with Crippen LogP contribution in [0, 0.1) is 6.92 Å². The van der Waals surface area contributed by atoms with Crippen molar-refractivity contribution in [3.63, 3.8) is 0 Å². The molecule has 1 heterocycles. The molecule has 0 radical (unpaired) electrons. The lowest BCUT2D eigenvalue weighted by atomic mass is 9.79. The molecule has 0 atom stereocenters. The van der Waals surface area contributed by atoms with Crippen molar-refractivity contribution in [2.75, 3.05) is 5.32 Å². The van der Waals surface area contributed by atoms with Gasteiger partial charge in [0.25, 0.3) is 0 Å². The van der Waals surface area contributed by atoms with Crippen LogP contribution in [0.3, 0.4) is 0 Å². The van der Waals surface area contributed by atoms with Gasteiger partial charge in [-0.15, -0.1) is 0 Å². The molecule has 0 saturated heterocycles. The molecule has 21 heavy (non-hydrogen) atoms. The van der Waals surface area contributed by atoms with E-state index in [2.05, 4.69) is 15.6 Å². The van der Waals surface area contributed by atoms with Crippen molar-refractivity contribution >= 4 is 17.7 Å². The lowest BCUT2D eigenvalue weighted by molar-refractivity contribution is -0.138. The van der Waals surface area contributed by atoms with Gasteiger partial charge in [-0.1, -0.05) is 19.3 Å². The van der Waals surface area contributed by atoms with Crippen LogP contribution in [-0.4, -0.2) is 27.6 Å². The molecule has 6 nitrogen and oxygen atoms in total. The topological polar surface area (TPSA) is 91.3 Å². The van der Waals surface area contributed by atoms with E-state index in [-0.39, 0.29) is 12.5 Å². The molecule has 1 aromatic heterocycles. The Hall–Kier alpha value is -2.11. The zero-order chi connectivity index (χ0) is 15.3. The monoisotopic (exact) mass is 291 g/mol. The first-order valence-electron chi connectivity index (χ1n) is 7.23. The number of hydrogen-bond donors (Lipinski definition) is 3. The van der Waals surface area contributed by atoms with E-state index >= 15 is 0 Å². The summed E-state index contributed by atoms with van der Waals surface area (Å²) in [6, 6.07) is 3.21. The molecule has 0 unspecified atom stereocenters. The summed E-state index contributed by atoms with van der Waals surface area (Å²) in [6.07, 6.45) is 5.94. The minimum atomic E-state index is -0.880. The maximum absolute atomic E-state index is 12.1. The number of carbonyl (C=O) groups excluding carboxylic acids is 1. The first-order valence-corrected chi connectivity index (χ1v) is 7.23. The van der Waals surface area contributed by atoms with Gasteiger partial charge in [0.05, 0.1) is 23.8 Å². The number of pyridine rings is 1. The van der Waals surface area contributed by atoms with E-state index in [9.17, 15) is 9.59 Å². The fourth-order valence-corrected chi connectivity index (χ4v) is 2.81. The summed E-state index contributed by atoms with van der Waals surface area (Å²) >= 11 is 0. The van der Waals surface area contributed by atoms with Crippen LogP contribution in [-0.2, 0) is 4.79 Å². The van der Waals surface area contributed by atoms with Crippen LogP contribution in [0.5, 0.6) is 0 Å². The normalized spacial score (nSPS) is 17.0. The Kier molecular flexibility index (Phi) is 4.77. The van der Waals surface area contributed by atoms with Crippen molar-refractivity contribution in [1.29, 1.82) is 0 Å². The Bertz CT molecular complexity index is 507. The number of nitrogens with one attached hydrogen (secondary N) is 2. The van der Waals surface area contributed by atoms with Gasteiger partial charge in [-0.05, 0) is 31.9 Å². The van der Waals surface area contributed by atoms with Gasteiger partial charge in [0.1, 0.15) is 0 Å². The molecule has 0 aromatic carbocycles. The van der Waals surface area contributed by atoms with E-state index in [1.54, 1.807) is 12.3 Å². The maximum atomic E-state index is 12.1. The quantitative estimate of drug-likeness (QED) is 0.795. The standard InChI is InChI=1S/C15H21N3O3/c1-11-5-6-12(10-16-11)17-14(21)18-15(9-13(19)20)7-3-2-4-8-15/h5-6,10H,2-4,7-9H2,1H3,(H,19,20)(H2,17,18,21). The van der Waals surface area contributed by atoms with Gasteiger partial charge in [0.15, 0.2) is 0 Å². The molecule has 114 valence electrons. The average molecular weight is 291 g/mol. The van der Waals surface area contributed by atoms with Gasteiger partial charge >= 0.3 is 12.0 Å². The number of carboxylic acids is 1. The lowest BCUT2D eigenvalue weighted by Crippen LogP contribution is -2.52. The van der Waals surface area contributed by atoms with E-state index in [4.69, 9.17) is 5.11 Å². The minimum Gasteiger partial charge on any atom is -0.481 e. The van der Waals surface area contributed by atoms with Crippen LogP contribution in [0.2, 0.25) is 0 Å². The number of urea groups is 1. The third kappa shape index (κ3) is 4.44. The predicted molar refractivity (Wildman–Crippen MR) is 79.2 cm³/mol. The van der Waals surface area contributed by atoms with E-state index < -0.39 is 11.5 Å². The molecule has 1 saturated carbocycles. The molecule has 2 amide bonds. The van der Waals surface area contributed by atoms with Crippen molar-refractivity contribution < 1.29 is 14.7 Å². The van der Waals surface area contributed by atoms with Crippen molar-refractivity contribution in [1.82, 2.24) is 10.3 Å². The first kappa shape index (κ1) is 15.3. The zero-order valence-electron chi connectivity index (χ0n) is 12.2. The fourth-order valence-electron chi connectivity index (χ4n) is 2.81. The highest BCUT2D eigenvalue weighted by atomic mass is 16.4. The average Bonchev–Trinajstić information content (AvgIpc) is 2.41. The Morgan fingerprint density at radius 1 is 1.29 bits per heavy atom. The molecule has 1 aliphatic carbocycles. The summed E-state index contributed by atoms with van der Waals surface area (Å²) in [4.78, 5) is 27.3. The third-order valence-electron chi connectivity index (χ3n) is 3.85. The summed E-state index contributed by atoms with van der Waals surface area (Å²) < 4.78 is 0. The van der Waals surface area contributed by atoms with E-state index in [1.165, 1.54) is 0 Å². The van der Waals surface area contributed by atoms with Crippen molar-refractivity contribution in [3.8, 4) is 0 Å². The number of amides is 2. The molecule has 0 aliphatic heterocycles. The van der Waals surface area contributed by atoms with Crippen LogP contribution < -0.4 is 10.6 Å². The Balaban J connectivity index is 2.00. The molecule has 1 aliphatic rings. The first-order chi connectivity index (χ1) is 9.99. The SMILES string of the molecule is Cc1ccc(NC(=O)NC2(CC(=O)O)CCCCC2)cn1. The van der Waals surface area contributed by atoms with Crippen LogP contribution in [0.25, 0.3) is 0 Å². The summed E-state index contributed by atoms with van der Waals surface area (Å²) in [6.45, 7) is 1.87. The second-order valence-electron chi connectivity index (χ2n) is 5.68. The minimum absolute atomic E-state index is 0.0352. The largest absolute Gasteiger partial charge is 0.481 e. The number of aliphatic carboxylic acids is 1. The van der Waals surface area contributed by atoms with Gasteiger partial charge in [0, 0.05) is 5.69 Å². The molecule has 3 N–H and O–H groups in total. The molecular formula is C15H21N3O3. The number of aryl methyl sites for hydroxylation is 1. The number of hydrogen-bond acceptors (Lipinski definition) is 3. The lowest BCUT2D eigenvalue weighted by Gasteiger charge is -2.36. The highest BCUT2D eigenvalue weighted by molar-refractivity contribution is 5.90. The summed E-state index contributed by atoms with van der Waals surface area (Å²) in [5.41, 5.74) is 0.835. The van der Waals surface area contributed by atoms with Gasteiger partial charge in [-0.2, -0.15) is 0 Å². The van der Waals surface area contributed by atoms with Crippen molar-refractivity contribution in [2.24, 2.45) is 0 Å². The summed E-state index contributed by atoms with van der Waals surface area (Å²) in [7, 11) is 0. The Morgan fingerprint density at radius 2 is 2.00 bits per heavy atom. The van der Waals surface area contributed by atoms with Crippen LogP contribution in [0.15, 0.2) is 18.3 Å². The maximum Gasteiger partial charge on any atom is 0.319 e. The van der Waals surface area contributed by atoms with Gasteiger partial charge in [-0.25, -0.2) is 4.79 Å². The smallest absolute Gasteiger partial charge is 0.319 e. The zero-order valence-corrected chi connectivity index (χ0v) is 12.2. The molecule has 6 heteroatoms. The van der Waals surface area contributed by atoms with Crippen LogP contribution >= 0.6 is 0 Å². The van der Waals surface area contributed by atoms with E-state index in [0.29, 0.717) is 18.5 Å². The fraction of sp³-hybridized carbons (Fsp3) is 0.533. The number of anilines is 1.